The Labute approximate surface area is 241 Å². The monoisotopic (exact) mass is 580 g/mol. The van der Waals surface area contributed by atoms with Crippen LogP contribution in [0.4, 0.5) is 0 Å². The Morgan fingerprint density at radius 1 is 0.805 bits per heavy atom. The van der Waals surface area contributed by atoms with Gasteiger partial charge in [0.05, 0.1) is 0 Å². The van der Waals surface area contributed by atoms with E-state index in [1.54, 1.807) is 6.92 Å². The van der Waals surface area contributed by atoms with Crippen LogP contribution in [-0.4, -0.2) is 72.1 Å². The SMILES string of the molecule is CC(=O)O[C@H]1[C@@H]2[C@@H](CO)[C@@H](OC(C)=O)CC[C@@]2(C)[C@@H](OC(C)=O)[C@H](OC(C)=O)C2=C(C)[C@@H](OC(C)=O)C[C@@H]1C2(C)C. The van der Waals surface area contributed by atoms with Crippen molar-refractivity contribution in [2.24, 2.45) is 28.6 Å². The van der Waals surface area contributed by atoms with Gasteiger partial charge in [-0.05, 0) is 42.7 Å². The summed E-state index contributed by atoms with van der Waals surface area (Å²) < 4.78 is 29.6. The molecule has 0 radical (unpaired) electrons. The highest BCUT2D eigenvalue weighted by Crippen LogP contribution is 2.61. The second-order valence-electron chi connectivity index (χ2n) is 12.5. The normalized spacial score (nSPS) is 36.0. The summed E-state index contributed by atoms with van der Waals surface area (Å²) in [5.74, 6) is -4.71. The molecule has 3 aliphatic carbocycles. The number of ether oxygens (including phenoxy) is 5. The summed E-state index contributed by atoms with van der Waals surface area (Å²) in [6, 6.07) is 0. The highest BCUT2D eigenvalue weighted by atomic mass is 16.6. The number of aliphatic hydroxyl groups excluding tert-OH is 1. The first-order chi connectivity index (χ1) is 18.9. The fraction of sp³-hybridized carbons (Fsp3) is 0.767. The third kappa shape index (κ3) is 6.29. The molecule has 0 aromatic carbocycles. The van der Waals surface area contributed by atoms with Gasteiger partial charge in [-0.15, -0.1) is 0 Å². The van der Waals surface area contributed by atoms with Crippen LogP contribution in [-0.2, 0) is 47.7 Å². The topological polar surface area (TPSA) is 152 Å². The van der Waals surface area contributed by atoms with E-state index >= 15 is 0 Å². The summed E-state index contributed by atoms with van der Waals surface area (Å²) in [6.07, 6.45) is -3.49. The van der Waals surface area contributed by atoms with E-state index in [-0.39, 0.29) is 6.42 Å². The van der Waals surface area contributed by atoms with Gasteiger partial charge in [0.1, 0.15) is 24.4 Å². The quantitative estimate of drug-likeness (QED) is 0.280. The van der Waals surface area contributed by atoms with Crippen LogP contribution >= 0.6 is 0 Å². The molecule has 9 atom stereocenters. The Bertz CT molecular complexity index is 1110. The maximum Gasteiger partial charge on any atom is 0.303 e. The molecule has 1 N–H and O–H groups in total. The zero-order valence-electron chi connectivity index (χ0n) is 25.5. The summed E-state index contributed by atoms with van der Waals surface area (Å²) >= 11 is 0. The first kappa shape index (κ1) is 32.6. The minimum atomic E-state index is -1.07. The lowest BCUT2D eigenvalue weighted by molar-refractivity contribution is -0.229. The number of rotatable bonds is 6. The van der Waals surface area contributed by atoms with Crippen molar-refractivity contribution in [3.63, 3.8) is 0 Å². The van der Waals surface area contributed by atoms with Gasteiger partial charge in [0.15, 0.2) is 6.10 Å². The van der Waals surface area contributed by atoms with E-state index in [0.29, 0.717) is 24.0 Å². The van der Waals surface area contributed by atoms with E-state index < -0.39 is 95.6 Å². The molecule has 3 aliphatic rings. The van der Waals surface area contributed by atoms with Crippen LogP contribution in [0.15, 0.2) is 11.1 Å². The summed E-state index contributed by atoms with van der Waals surface area (Å²) in [7, 11) is 0. The Hall–Kier alpha value is -2.95. The van der Waals surface area contributed by atoms with Crippen LogP contribution in [0.1, 0.15) is 81.6 Å². The molecule has 41 heavy (non-hydrogen) atoms. The third-order valence-corrected chi connectivity index (χ3v) is 9.35. The van der Waals surface area contributed by atoms with Gasteiger partial charge in [0.2, 0.25) is 0 Å². The molecule has 0 aromatic rings. The van der Waals surface area contributed by atoms with Crippen LogP contribution in [0, 0.1) is 28.6 Å². The van der Waals surface area contributed by atoms with E-state index in [9.17, 15) is 29.1 Å². The van der Waals surface area contributed by atoms with E-state index in [4.69, 9.17) is 23.7 Å². The number of hydrogen-bond donors (Lipinski definition) is 1. The molecule has 2 fully saturated rings. The molecular weight excluding hydrogens is 536 g/mol. The molecule has 11 heteroatoms. The van der Waals surface area contributed by atoms with Gasteiger partial charge in [-0.3, -0.25) is 24.0 Å². The fourth-order valence-corrected chi connectivity index (χ4v) is 7.92. The molecule has 0 heterocycles. The number of aliphatic hydroxyl groups is 1. The molecule has 0 unspecified atom stereocenters. The van der Waals surface area contributed by atoms with Crippen LogP contribution in [0.25, 0.3) is 0 Å². The van der Waals surface area contributed by atoms with Crippen LogP contribution < -0.4 is 0 Å². The second-order valence-corrected chi connectivity index (χ2v) is 12.5. The molecule has 0 aliphatic heterocycles. The highest BCUT2D eigenvalue weighted by Gasteiger charge is 2.65. The summed E-state index contributed by atoms with van der Waals surface area (Å²) in [5.41, 5.74) is -0.540. The molecule has 3 rings (SSSR count). The van der Waals surface area contributed by atoms with Crippen molar-refractivity contribution in [1.29, 1.82) is 0 Å². The molecule has 0 amide bonds. The Morgan fingerprint density at radius 3 is 1.83 bits per heavy atom. The Morgan fingerprint density at radius 2 is 1.34 bits per heavy atom. The molecule has 0 spiro atoms. The van der Waals surface area contributed by atoms with Crippen molar-refractivity contribution in [2.75, 3.05) is 6.61 Å². The van der Waals surface area contributed by atoms with Crippen molar-refractivity contribution in [3.8, 4) is 0 Å². The Kier molecular flexibility index (Phi) is 9.62. The maximum absolute atomic E-state index is 12.7. The zero-order valence-corrected chi connectivity index (χ0v) is 25.5. The zero-order chi connectivity index (χ0) is 31.0. The lowest BCUT2D eigenvalue weighted by Gasteiger charge is -2.61. The molecule has 11 nitrogen and oxygen atoms in total. The average molecular weight is 581 g/mol. The average Bonchev–Trinajstić information content (AvgIpc) is 2.82. The fourth-order valence-electron chi connectivity index (χ4n) is 7.92. The van der Waals surface area contributed by atoms with Crippen molar-refractivity contribution < 1.29 is 52.8 Å². The van der Waals surface area contributed by atoms with Crippen molar-refractivity contribution in [1.82, 2.24) is 0 Å². The number of hydrogen-bond acceptors (Lipinski definition) is 11. The van der Waals surface area contributed by atoms with Gasteiger partial charge >= 0.3 is 29.8 Å². The minimum absolute atomic E-state index is 0.286. The van der Waals surface area contributed by atoms with E-state index in [2.05, 4.69) is 0 Å². The molecular formula is C30H44O11. The van der Waals surface area contributed by atoms with Crippen LogP contribution in [0.2, 0.25) is 0 Å². The van der Waals surface area contributed by atoms with Crippen molar-refractivity contribution in [2.45, 2.75) is 112 Å². The van der Waals surface area contributed by atoms with Crippen molar-refractivity contribution in [3.05, 3.63) is 11.1 Å². The van der Waals surface area contributed by atoms with E-state index in [1.165, 1.54) is 34.6 Å². The molecule has 0 saturated heterocycles. The van der Waals surface area contributed by atoms with Crippen LogP contribution in [0.3, 0.4) is 0 Å². The third-order valence-electron chi connectivity index (χ3n) is 9.35. The largest absolute Gasteiger partial charge is 0.462 e. The Balaban J connectivity index is 2.44. The smallest absolute Gasteiger partial charge is 0.303 e. The predicted octanol–water partition coefficient (Wildman–Crippen LogP) is 3.05. The van der Waals surface area contributed by atoms with E-state index in [1.807, 2.05) is 20.8 Å². The molecule has 2 bridgehead atoms. The summed E-state index contributed by atoms with van der Waals surface area (Å²) in [6.45, 7) is 13.5. The van der Waals surface area contributed by atoms with Gasteiger partial charge in [0, 0.05) is 64.4 Å². The summed E-state index contributed by atoms with van der Waals surface area (Å²) in [4.78, 5) is 62.2. The summed E-state index contributed by atoms with van der Waals surface area (Å²) in [5, 5.41) is 10.8. The van der Waals surface area contributed by atoms with Crippen LogP contribution in [0.5, 0.6) is 0 Å². The van der Waals surface area contributed by atoms with E-state index in [0.717, 1.165) is 0 Å². The van der Waals surface area contributed by atoms with Gasteiger partial charge in [-0.1, -0.05) is 20.8 Å². The van der Waals surface area contributed by atoms with Gasteiger partial charge in [-0.2, -0.15) is 0 Å². The molecule has 230 valence electrons. The molecule has 2 saturated carbocycles. The van der Waals surface area contributed by atoms with Crippen molar-refractivity contribution >= 4 is 29.8 Å². The first-order valence-corrected chi connectivity index (χ1v) is 14.1. The number of fused-ring (bicyclic) bond motifs is 3. The van der Waals surface area contributed by atoms with Gasteiger partial charge in [0.25, 0.3) is 0 Å². The minimum Gasteiger partial charge on any atom is -0.462 e. The second kappa shape index (κ2) is 12.1. The number of carbonyl (C=O) groups is 5. The standard InChI is InChI=1S/C30H44O11/c1-14-23(38-16(3)33)12-21-26(39-17(4)34)25-20(13-31)22(37-15(2)32)10-11-30(25,9)28(41-19(6)36)27(40-18(5)35)24(14)29(21,7)8/h20-23,25-28,31H,10-13H2,1-9H3/t20-,21-,22-,23-,25-,26+,27+,28-,30+/m0/s1. The first-order valence-electron chi connectivity index (χ1n) is 14.1. The highest BCUT2D eigenvalue weighted by molar-refractivity contribution is 5.69. The van der Waals surface area contributed by atoms with Gasteiger partial charge in [-0.25, -0.2) is 0 Å². The lowest BCUT2D eigenvalue weighted by Crippen LogP contribution is -2.66. The van der Waals surface area contributed by atoms with Gasteiger partial charge < -0.3 is 28.8 Å². The number of esters is 5. The molecule has 0 aromatic heterocycles. The lowest BCUT2D eigenvalue weighted by atomic mass is 9.48. The predicted molar refractivity (Wildman–Crippen MR) is 144 cm³/mol. The maximum atomic E-state index is 12.7. The number of carbonyl (C=O) groups excluding carboxylic acids is 5.